The van der Waals surface area contributed by atoms with Crippen LogP contribution < -0.4 is 10.2 Å². The smallest absolute Gasteiger partial charge is 0.251 e. The molecule has 226 valence electrons. The predicted molar refractivity (Wildman–Crippen MR) is 178 cm³/mol. The Morgan fingerprint density at radius 2 is 1.52 bits per heavy atom. The minimum Gasteiger partial charge on any atom is -0.348 e. The van der Waals surface area contributed by atoms with Gasteiger partial charge in [-0.1, -0.05) is 91.2 Å². The lowest BCUT2D eigenvalue weighted by molar-refractivity contribution is -0.118. The second-order valence-corrected chi connectivity index (χ2v) is 9.01. The lowest BCUT2D eigenvalue weighted by atomic mass is 10.0. The van der Waals surface area contributed by atoms with Crippen LogP contribution in [0.25, 0.3) is 11.1 Å². The van der Waals surface area contributed by atoms with Crippen LogP contribution in [0.4, 0.5) is 5.69 Å². The quantitative estimate of drug-likeness (QED) is 0.248. The van der Waals surface area contributed by atoms with Crippen molar-refractivity contribution in [1.82, 2.24) is 5.32 Å². The molecule has 0 aliphatic carbocycles. The molecule has 40 heavy (non-hydrogen) atoms. The zero-order valence-electron chi connectivity index (χ0n) is 25.1. The summed E-state index contributed by atoms with van der Waals surface area (Å²) in [6.45, 7) is 19.4. The fourth-order valence-corrected chi connectivity index (χ4v) is 4.01. The molecule has 5 heteroatoms. The molecule has 1 aliphatic heterocycles. The number of anilines is 1. The molecule has 2 aromatic carbocycles. The van der Waals surface area contributed by atoms with Crippen LogP contribution in [0.3, 0.4) is 0 Å². The molecule has 5 nitrogen and oxygen atoms in total. The highest BCUT2D eigenvalue weighted by atomic mass is 16.2. The van der Waals surface area contributed by atoms with Gasteiger partial charge in [0.1, 0.15) is 6.29 Å². The molecule has 0 fully saturated rings. The summed E-state index contributed by atoms with van der Waals surface area (Å²) in [4.78, 5) is 35.3. The monoisotopic (exact) mass is 554 g/mol. The molecule has 2 aromatic rings. The second kappa shape index (κ2) is 23.4. The topological polar surface area (TPSA) is 66.5 Å². The number of fused-ring (bicyclic) bond motifs is 1. The van der Waals surface area contributed by atoms with Gasteiger partial charge in [-0.2, -0.15) is 0 Å². The van der Waals surface area contributed by atoms with E-state index in [2.05, 4.69) is 64.4 Å². The first-order chi connectivity index (χ1) is 18.9. The van der Waals surface area contributed by atoms with E-state index in [1.54, 1.807) is 0 Å². The van der Waals surface area contributed by atoms with Crippen molar-refractivity contribution in [2.45, 2.75) is 93.9 Å². The van der Waals surface area contributed by atoms with Crippen LogP contribution in [-0.2, 0) is 16.0 Å². The molecule has 0 spiro atoms. The number of allylic oxidation sites excluding steroid dienone is 1. The van der Waals surface area contributed by atoms with Gasteiger partial charge in [-0.25, -0.2) is 0 Å². The maximum absolute atomic E-state index is 12.5. The van der Waals surface area contributed by atoms with Gasteiger partial charge in [-0.3, -0.25) is 9.59 Å². The molecule has 1 heterocycles. The minimum atomic E-state index is -0.0395. The van der Waals surface area contributed by atoms with E-state index in [-0.39, 0.29) is 22.1 Å². The molecule has 2 amide bonds. The standard InChI is InChI=1S/C26H32N2O2.C4H10.C2H4O.C2H4.CH4.2H2/c1-4-7-19(8-5-2)18-27-26(30)21-11-9-20(10-12-21)22-13-14-24-23(17-22)15-16-28(24)25(29)6-3;1-3-4-2;1-2-3;1-2;;;/h7,9-14,17H,4-6,8,15-16,18H2,1-3H3,(H,27,30);3-4H2,1-2H3;2H,1H3;1-2H2;1H4;2*1H/b19-7+;;;;;;. The maximum atomic E-state index is 12.5. The Hall–Kier alpha value is -3.47. The third kappa shape index (κ3) is 13.1. The van der Waals surface area contributed by atoms with E-state index in [4.69, 9.17) is 4.79 Å². The summed E-state index contributed by atoms with van der Waals surface area (Å²) in [7, 11) is 0. The number of unbranched alkanes of at least 4 members (excludes halogenated alkanes) is 1. The Morgan fingerprint density at radius 1 is 0.950 bits per heavy atom. The lowest BCUT2D eigenvalue weighted by Crippen LogP contribution is -2.27. The van der Waals surface area contributed by atoms with Crippen molar-refractivity contribution in [3.05, 3.63) is 78.4 Å². The largest absolute Gasteiger partial charge is 0.348 e. The van der Waals surface area contributed by atoms with Crippen molar-refractivity contribution in [2.75, 3.05) is 18.0 Å². The van der Waals surface area contributed by atoms with Gasteiger partial charge in [0.05, 0.1) is 0 Å². The van der Waals surface area contributed by atoms with E-state index in [0.717, 1.165) is 55.3 Å². The maximum Gasteiger partial charge on any atom is 0.251 e. The molecule has 0 radical (unpaired) electrons. The number of carbonyl (C=O) groups is 3. The average Bonchev–Trinajstić information content (AvgIpc) is 3.40. The van der Waals surface area contributed by atoms with Gasteiger partial charge in [0.25, 0.3) is 5.91 Å². The molecule has 3 rings (SSSR count). The summed E-state index contributed by atoms with van der Waals surface area (Å²) < 4.78 is 0. The van der Waals surface area contributed by atoms with Gasteiger partial charge in [-0.15, -0.1) is 13.2 Å². The summed E-state index contributed by atoms with van der Waals surface area (Å²) in [5, 5.41) is 3.04. The minimum absolute atomic E-state index is 0. The SMILES string of the molecule is C.C=C.CC/C=C(\CCC)CNC(=O)c1ccc(-c2ccc3c(c2)CCN3C(=O)CC)cc1.CC=O.CCCC.[HH].[HH]. The number of aldehydes is 1. The molecule has 0 saturated carbocycles. The predicted octanol–water partition coefficient (Wildman–Crippen LogP) is 9.46. The lowest BCUT2D eigenvalue weighted by Gasteiger charge is -2.16. The van der Waals surface area contributed by atoms with Gasteiger partial charge in [0.15, 0.2) is 0 Å². The van der Waals surface area contributed by atoms with Crippen molar-refractivity contribution < 1.29 is 17.2 Å². The Labute approximate surface area is 247 Å². The molecule has 0 unspecified atom stereocenters. The van der Waals surface area contributed by atoms with Crippen molar-refractivity contribution >= 4 is 23.8 Å². The number of benzene rings is 2. The zero-order valence-corrected chi connectivity index (χ0v) is 25.1. The summed E-state index contributed by atoms with van der Waals surface area (Å²) >= 11 is 0. The number of nitrogens with zero attached hydrogens (tertiary/aromatic N) is 1. The Kier molecular flexibility index (Phi) is 22.6. The van der Waals surface area contributed by atoms with E-state index in [0.29, 0.717) is 18.5 Å². The Morgan fingerprint density at radius 3 is 2.02 bits per heavy atom. The highest BCUT2D eigenvalue weighted by Gasteiger charge is 2.23. The molecule has 1 aliphatic rings. The summed E-state index contributed by atoms with van der Waals surface area (Å²) in [5.74, 6) is 0.134. The van der Waals surface area contributed by atoms with Crippen LogP contribution >= 0.6 is 0 Å². The highest BCUT2D eigenvalue weighted by molar-refractivity contribution is 5.96. The Bertz CT molecular complexity index is 1040. The molecular weight excluding hydrogens is 496 g/mol. The van der Waals surface area contributed by atoms with Gasteiger partial charge in [-0.05, 0) is 67.1 Å². The highest BCUT2D eigenvalue weighted by Crippen LogP contribution is 2.32. The van der Waals surface area contributed by atoms with Crippen molar-refractivity contribution in [1.29, 1.82) is 0 Å². The van der Waals surface area contributed by atoms with Gasteiger partial charge >= 0.3 is 0 Å². The van der Waals surface area contributed by atoms with E-state index in [9.17, 15) is 9.59 Å². The summed E-state index contributed by atoms with van der Waals surface area (Å²) in [6, 6.07) is 14.0. The first kappa shape index (κ1) is 38.7. The number of rotatable bonds is 9. The molecule has 0 bridgehead atoms. The number of amides is 2. The zero-order chi connectivity index (χ0) is 29.6. The summed E-state index contributed by atoms with van der Waals surface area (Å²) in [6.07, 6.45) is 10.1. The van der Waals surface area contributed by atoms with E-state index in [1.165, 1.54) is 30.9 Å². The molecule has 1 N–H and O–H groups in total. The normalized spacial score (nSPS) is 11.2. The van der Waals surface area contributed by atoms with Crippen molar-refractivity contribution in [3.63, 3.8) is 0 Å². The van der Waals surface area contributed by atoms with Gasteiger partial charge in [0.2, 0.25) is 5.91 Å². The first-order valence-electron chi connectivity index (χ1n) is 14.3. The van der Waals surface area contributed by atoms with E-state index >= 15 is 0 Å². The summed E-state index contributed by atoms with van der Waals surface area (Å²) in [5.41, 5.74) is 6.40. The molecular formula is C35H58N2O3. The molecule has 0 aromatic heterocycles. The first-order valence-corrected chi connectivity index (χ1v) is 14.3. The number of carbonyl (C=O) groups excluding carboxylic acids is 3. The Balaban J connectivity index is -0.000000536. The fourth-order valence-electron chi connectivity index (χ4n) is 4.01. The van der Waals surface area contributed by atoms with Crippen LogP contribution in [-0.4, -0.2) is 31.2 Å². The average molecular weight is 555 g/mol. The van der Waals surface area contributed by atoms with Crippen LogP contribution in [0, 0.1) is 0 Å². The van der Waals surface area contributed by atoms with Crippen LogP contribution in [0.15, 0.2) is 67.3 Å². The van der Waals surface area contributed by atoms with E-state index in [1.807, 2.05) is 42.2 Å². The van der Waals surface area contributed by atoms with Crippen LogP contribution in [0.2, 0.25) is 0 Å². The third-order valence-electron chi connectivity index (χ3n) is 6.10. The fraction of sp³-hybridized carbons (Fsp3) is 0.457. The van der Waals surface area contributed by atoms with E-state index < -0.39 is 0 Å². The number of hydrogen-bond acceptors (Lipinski definition) is 3. The third-order valence-corrected chi connectivity index (χ3v) is 6.10. The number of nitrogens with one attached hydrogen (secondary N) is 1. The molecule has 0 saturated heterocycles. The molecule has 0 atom stereocenters. The van der Waals surface area contributed by atoms with Crippen LogP contribution in [0.1, 0.15) is 106 Å². The van der Waals surface area contributed by atoms with Gasteiger partial charge in [0, 0.05) is 33.6 Å². The second-order valence-electron chi connectivity index (χ2n) is 9.01. The van der Waals surface area contributed by atoms with Crippen molar-refractivity contribution in [3.8, 4) is 11.1 Å². The van der Waals surface area contributed by atoms with Crippen LogP contribution in [0.5, 0.6) is 0 Å². The number of hydrogen-bond donors (Lipinski definition) is 1. The van der Waals surface area contributed by atoms with Gasteiger partial charge < -0.3 is 15.0 Å². The van der Waals surface area contributed by atoms with Crippen molar-refractivity contribution in [2.24, 2.45) is 0 Å².